The largest absolute Gasteiger partial charge is 0.497 e. The van der Waals surface area contributed by atoms with Crippen molar-refractivity contribution in [2.45, 2.75) is 0 Å². The van der Waals surface area contributed by atoms with Crippen molar-refractivity contribution < 1.29 is 14.3 Å². The Balaban J connectivity index is 1.96. The molecule has 23 heavy (non-hydrogen) atoms. The third-order valence-electron chi connectivity index (χ3n) is 3.21. The van der Waals surface area contributed by atoms with Gasteiger partial charge >= 0.3 is 0 Å². The molecule has 1 unspecified atom stereocenters. The van der Waals surface area contributed by atoms with Gasteiger partial charge in [0.2, 0.25) is 0 Å². The topological polar surface area (TPSA) is 60.5 Å². The van der Waals surface area contributed by atoms with Crippen LogP contribution < -0.4 is 14.8 Å². The van der Waals surface area contributed by atoms with Gasteiger partial charge in [-0.3, -0.25) is 4.79 Å². The second-order valence-electron chi connectivity index (χ2n) is 4.51. The van der Waals surface area contributed by atoms with Gasteiger partial charge in [-0.2, -0.15) is 0 Å². The van der Waals surface area contributed by atoms with Crippen LogP contribution in [0.25, 0.3) is 9.82 Å². The number of aromatic nitrogens is 1. The summed E-state index contributed by atoms with van der Waals surface area (Å²) in [5.74, 6) is 0.684. The molecule has 3 rings (SSSR count). The molecule has 3 aromatic rings. The van der Waals surface area contributed by atoms with Crippen molar-refractivity contribution in [2.24, 2.45) is 0 Å². The molecule has 2 aromatic heterocycles. The van der Waals surface area contributed by atoms with Crippen LogP contribution in [0.1, 0.15) is 10.4 Å². The van der Waals surface area contributed by atoms with Crippen LogP contribution >= 0.6 is 42.9 Å². The first-order chi connectivity index (χ1) is 11.0. The molecule has 0 aliphatic rings. The first-order valence-electron chi connectivity index (χ1n) is 6.39. The zero-order chi connectivity index (χ0) is 16.6. The Morgan fingerprint density at radius 2 is 2.09 bits per heavy atom. The lowest BCUT2D eigenvalue weighted by Gasteiger charge is -2.12. The van der Waals surface area contributed by atoms with Crippen LogP contribution in [0.3, 0.4) is 0 Å². The zero-order valence-electron chi connectivity index (χ0n) is 12.1. The van der Waals surface area contributed by atoms with Gasteiger partial charge in [0.05, 0.1) is 30.2 Å². The quantitative estimate of drug-likeness (QED) is 0.689. The maximum absolute atomic E-state index is 12.6. The monoisotopic (exact) mass is 388 g/mol. The zero-order valence-corrected chi connectivity index (χ0v) is 15.4. The molecule has 1 N–H and O–H groups in total. The number of anilines is 1. The van der Waals surface area contributed by atoms with Gasteiger partial charge in [0, 0.05) is 22.6 Å². The fourth-order valence-electron chi connectivity index (χ4n) is 2.06. The fourth-order valence-corrected chi connectivity index (χ4v) is 4.91. The maximum Gasteiger partial charge on any atom is 0.257 e. The number of methoxy groups -OCH3 is 2. The number of ether oxygens (including phenoxy) is 2. The lowest BCUT2D eigenvalue weighted by molar-refractivity contribution is 0.102. The lowest BCUT2D eigenvalue weighted by atomic mass is 10.2. The molecule has 0 radical (unpaired) electrons. The molecule has 0 saturated carbocycles. The highest BCUT2D eigenvalue weighted by atomic mass is 35.5. The van der Waals surface area contributed by atoms with Crippen LogP contribution in [0.15, 0.2) is 17.5 Å². The van der Waals surface area contributed by atoms with E-state index in [1.807, 2.05) is 0 Å². The number of rotatable bonds is 4. The van der Waals surface area contributed by atoms with Gasteiger partial charge in [-0.25, -0.2) is 4.75 Å². The molecule has 0 aliphatic carbocycles. The van der Waals surface area contributed by atoms with E-state index >= 15 is 0 Å². The SMILES string of the molecule is COc1cc(NC(=O)c2csc3c(Cl)n[pH]c23)c(Cl)c(OC)c1. The Morgan fingerprint density at radius 3 is 2.78 bits per heavy atom. The second kappa shape index (κ2) is 6.57. The van der Waals surface area contributed by atoms with Crippen LogP contribution in [0.5, 0.6) is 11.5 Å². The first kappa shape index (κ1) is 16.4. The number of amides is 1. The van der Waals surface area contributed by atoms with Gasteiger partial charge in [0.1, 0.15) is 16.5 Å². The highest BCUT2D eigenvalue weighted by molar-refractivity contribution is 7.37. The predicted octanol–water partition coefficient (Wildman–Crippen LogP) is 4.90. The molecule has 120 valence electrons. The molecule has 0 spiro atoms. The van der Waals surface area contributed by atoms with Crippen molar-refractivity contribution in [1.82, 2.24) is 4.75 Å². The van der Waals surface area contributed by atoms with Crippen LogP contribution in [0.4, 0.5) is 5.69 Å². The van der Waals surface area contributed by atoms with Crippen molar-refractivity contribution in [2.75, 3.05) is 19.5 Å². The summed E-state index contributed by atoms with van der Waals surface area (Å²) in [6.45, 7) is 0. The van der Waals surface area contributed by atoms with Crippen molar-refractivity contribution in [1.29, 1.82) is 0 Å². The summed E-state index contributed by atoms with van der Waals surface area (Å²) in [6.07, 6.45) is 0. The number of hydrogen-bond acceptors (Lipinski definition) is 5. The number of hydrogen-bond donors (Lipinski definition) is 1. The fraction of sp³-hybridized carbons (Fsp3) is 0.143. The number of nitrogens with zero attached hydrogens (tertiary/aromatic N) is 1. The minimum absolute atomic E-state index is 0.153. The van der Waals surface area contributed by atoms with Crippen molar-refractivity contribution in [3.05, 3.63) is 33.3 Å². The van der Waals surface area contributed by atoms with Crippen molar-refractivity contribution in [3.8, 4) is 11.5 Å². The molecular weight excluding hydrogens is 378 g/mol. The molecular formula is C14H11Cl2N2O3PS. The second-order valence-corrected chi connectivity index (χ2v) is 7.08. The average Bonchev–Trinajstić information content (AvgIpc) is 3.12. The van der Waals surface area contributed by atoms with E-state index in [4.69, 9.17) is 32.7 Å². The third-order valence-corrected chi connectivity index (χ3v) is 6.37. The van der Waals surface area contributed by atoms with E-state index in [2.05, 4.69) is 10.1 Å². The van der Waals surface area contributed by atoms with Crippen molar-refractivity contribution in [3.63, 3.8) is 0 Å². The highest BCUT2D eigenvalue weighted by Gasteiger charge is 2.18. The summed E-state index contributed by atoms with van der Waals surface area (Å²) < 4.78 is 15.4. The Kier molecular flexibility index (Phi) is 4.69. The van der Waals surface area contributed by atoms with Crippen LogP contribution in [0.2, 0.25) is 10.2 Å². The Morgan fingerprint density at radius 1 is 1.30 bits per heavy atom. The van der Waals surface area contributed by atoms with Gasteiger partial charge in [0.15, 0.2) is 5.15 Å². The average molecular weight is 389 g/mol. The van der Waals surface area contributed by atoms with E-state index in [9.17, 15) is 4.79 Å². The number of nitrogens with one attached hydrogen (secondary N) is 1. The molecule has 1 atom stereocenters. The third kappa shape index (κ3) is 3.00. The number of carbonyl (C=O) groups excluding carboxylic acids is 1. The van der Waals surface area contributed by atoms with E-state index in [1.165, 1.54) is 25.6 Å². The Labute approximate surface area is 147 Å². The normalized spacial score (nSPS) is 11.1. The van der Waals surface area contributed by atoms with E-state index in [0.29, 0.717) is 32.9 Å². The number of thiophene rings is 1. The molecule has 0 bridgehead atoms. The summed E-state index contributed by atoms with van der Waals surface area (Å²) in [6, 6.07) is 3.29. The number of fused-ring (bicyclic) bond motifs is 1. The number of benzene rings is 1. The standard InChI is InChI=1S/C14H11Cl2N2O3PS/c1-20-6-3-8(10(15)9(4-6)21-2)17-14(19)7-5-23-12-11(7)22-18-13(12)16/h3-5,22H,1-2H3,(H,17,19). The summed E-state index contributed by atoms with van der Waals surface area (Å²) in [4.78, 5) is 12.6. The van der Waals surface area contributed by atoms with E-state index in [1.54, 1.807) is 17.5 Å². The minimum atomic E-state index is -0.270. The molecule has 1 aromatic carbocycles. The number of carbonyl (C=O) groups is 1. The van der Waals surface area contributed by atoms with Gasteiger partial charge in [-0.15, -0.1) is 11.3 Å². The summed E-state index contributed by atoms with van der Waals surface area (Å²) in [5.41, 5.74) is 0.974. The van der Waals surface area contributed by atoms with Crippen LogP contribution in [0, 0.1) is 0 Å². The molecule has 0 fully saturated rings. The minimum Gasteiger partial charge on any atom is -0.497 e. The highest BCUT2D eigenvalue weighted by Crippen LogP contribution is 2.39. The molecule has 0 saturated heterocycles. The van der Waals surface area contributed by atoms with Gasteiger partial charge in [0.25, 0.3) is 5.91 Å². The maximum atomic E-state index is 12.6. The van der Waals surface area contributed by atoms with Gasteiger partial charge < -0.3 is 14.8 Å². The Bertz CT molecular complexity index is 894. The van der Waals surface area contributed by atoms with E-state index in [-0.39, 0.29) is 14.3 Å². The lowest BCUT2D eigenvalue weighted by Crippen LogP contribution is -2.11. The van der Waals surface area contributed by atoms with Crippen LogP contribution in [-0.4, -0.2) is 24.9 Å². The van der Waals surface area contributed by atoms with Crippen LogP contribution in [-0.2, 0) is 0 Å². The Hall–Kier alpha value is -1.46. The summed E-state index contributed by atoms with van der Waals surface area (Å²) in [7, 11) is 3.18. The molecule has 0 aliphatic heterocycles. The van der Waals surface area contributed by atoms with Gasteiger partial charge in [-0.05, 0) is 8.35 Å². The summed E-state index contributed by atoms with van der Waals surface area (Å²) in [5, 5.41) is 6.20. The van der Waals surface area contributed by atoms with E-state index < -0.39 is 0 Å². The van der Waals surface area contributed by atoms with E-state index in [0.717, 1.165) is 9.82 Å². The predicted molar refractivity (Wildman–Crippen MR) is 96.6 cm³/mol. The molecule has 1 amide bonds. The van der Waals surface area contributed by atoms with Gasteiger partial charge in [-0.1, -0.05) is 23.2 Å². The molecule has 5 nitrogen and oxygen atoms in total. The first-order valence-corrected chi connectivity index (χ1v) is 8.97. The number of halogens is 2. The summed E-state index contributed by atoms with van der Waals surface area (Å²) >= 11 is 13.7. The van der Waals surface area contributed by atoms with Crippen molar-refractivity contribution >= 4 is 64.3 Å². The smallest absolute Gasteiger partial charge is 0.257 e. The molecule has 2 heterocycles. The molecule has 9 heteroatoms.